The van der Waals surface area contributed by atoms with Crippen LogP contribution in [0.1, 0.15) is 0 Å². The number of rotatable bonds is 11. The molecule has 2 aromatic rings. The molecular weight excluding hydrogens is 368 g/mol. The van der Waals surface area contributed by atoms with Crippen molar-refractivity contribution in [1.82, 2.24) is 0 Å². The third-order valence-electron chi connectivity index (χ3n) is 3.46. The summed E-state index contributed by atoms with van der Waals surface area (Å²) in [5, 5.41) is 19.4. The maximum Gasteiger partial charge on any atom is 0.338 e. The van der Waals surface area contributed by atoms with E-state index >= 15 is 0 Å². The van der Waals surface area contributed by atoms with Crippen LogP contribution >= 0.6 is 0 Å². The van der Waals surface area contributed by atoms with Gasteiger partial charge in [0.15, 0.2) is 12.2 Å². The van der Waals surface area contributed by atoms with E-state index in [1.807, 2.05) is 12.1 Å². The van der Waals surface area contributed by atoms with E-state index in [1.165, 1.54) is 0 Å². The zero-order valence-electron chi connectivity index (χ0n) is 15.1. The van der Waals surface area contributed by atoms with Crippen molar-refractivity contribution >= 4 is 11.9 Å². The maximum atomic E-state index is 11.7. The number of carbonyl (C=O) groups excluding carboxylic acids is 2. The predicted octanol–water partition coefficient (Wildman–Crippen LogP) is 0.953. The SMILES string of the molecule is O=C(OCCOc1ccccc1)C(O)C(O)C(=O)OCCOc1ccccc1. The van der Waals surface area contributed by atoms with Gasteiger partial charge in [-0.1, -0.05) is 36.4 Å². The van der Waals surface area contributed by atoms with Crippen molar-refractivity contribution in [1.29, 1.82) is 0 Å². The van der Waals surface area contributed by atoms with Crippen LogP contribution in [0.3, 0.4) is 0 Å². The lowest BCUT2D eigenvalue weighted by Crippen LogP contribution is -2.42. The van der Waals surface area contributed by atoms with Crippen LogP contribution in [0.5, 0.6) is 11.5 Å². The Balaban J connectivity index is 1.62. The molecule has 0 radical (unpaired) electrons. The zero-order chi connectivity index (χ0) is 20.2. The molecule has 2 N–H and O–H groups in total. The summed E-state index contributed by atoms with van der Waals surface area (Å²) in [6, 6.07) is 17.8. The van der Waals surface area contributed by atoms with Gasteiger partial charge in [-0.3, -0.25) is 0 Å². The van der Waals surface area contributed by atoms with Gasteiger partial charge in [-0.15, -0.1) is 0 Å². The molecule has 0 aliphatic heterocycles. The molecule has 0 aromatic heterocycles. The second kappa shape index (κ2) is 11.6. The summed E-state index contributed by atoms with van der Waals surface area (Å²) in [7, 11) is 0. The van der Waals surface area contributed by atoms with Gasteiger partial charge in [-0.2, -0.15) is 0 Å². The van der Waals surface area contributed by atoms with E-state index in [0.29, 0.717) is 11.5 Å². The number of hydrogen-bond acceptors (Lipinski definition) is 8. The first kappa shape index (κ1) is 21.2. The van der Waals surface area contributed by atoms with Crippen LogP contribution in [0.4, 0.5) is 0 Å². The quantitative estimate of drug-likeness (QED) is 0.431. The minimum atomic E-state index is -2.06. The number of aliphatic hydroxyl groups excluding tert-OH is 2. The van der Waals surface area contributed by atoms with E-state index in [4.69, 9.17) is 18.9 Å². The van der Waals surface area contributed by atoms with Gasteiger partial charge in [0.05, 0.1) is 0 Å². The number of benzene rings is 2. The van der Waals surface area contributed by atoms with Crippen LogP contribution < -0.4 is 9.47 Å². The molecule has 2 aromatic carbocycles. The number of hydrogen-bond donors (Lipinski definition) is 2. The normalized spacial score (nSPS) is 12.5. The topological polar surface area (TPSA) is 112 Å². The van der Waals surface area contributed by atoms with Crippen LogP contribution in [0.2, 0.25) is 0 Å². The molecule has 2 atom stereocenters. The summed E-state index contributed by atoms with van der Waals surface area (Å²) in [4.78, 5) is 23.4. The summed E-state index contributed by atoms with van der Waals surface area (Å²) in [5.74, 6) is -1.11. The number of aliphatic hydroxyl groups is 2. The van der Waals surface area contributed by atoms with Crippen LogP contribution in [0.15, 0.2) is 60.7 Å². The predicted molar refractivity (Wildman–Crippen MR) is 97.8 cm³/mol. The van der Waals surface area contributed by atoms with Crippen LogP contribution in [0.25, 0.3) is 0 Å². The van der Waals surface area contributed by atoms with E-state index in [-0.39, 0.29) is 26.4 Å². The molecule has 28 heavy (non-hydrogen) atoms. The number of ether oxygens (including phenoxy) is 4. The highest BCUT2D eigenvalue weighted by Gasteiger charge is 2.32. The fourth-order valence-corrected chi connectivity index (χ4v) is 2.07. The molecule has 8 heteroatoms. The second-order valence-electron chi connectivity index (χ2n) is 5.55. The Labute approximate surface area is 162 Å². The van der Waals surface area contributed by atoms with Crippen molar-refractivity contribution in [3.05, 3.63) is 60.7 Å². The van der Waals surface area contributed by atoms with E-state index in [2.05, 4.69) is 0 Å². The lowest BCUT2D eigenvalue weighted by atomic mass is 10.2. The summed E-state index contributed by atoms with van der Waals surface area (Å²) < 4.78 is 20.2. The third-order valence-corrected chi connectivity index (χ3v) is 3.46. The molecule has 0 amide bonds. The minimum Gasteiger partial charge on any atom is -0.490 e. The van der Waals surface area contributed by atoms with Crippen molar-refractivity contribution in [2.75, 3.05) is 26.4 Å². The third kappa shape index (κ3) is 7.26. The monoisotopic (exact) mass is 390 g/mol. The summed E-state index contributed by atoms with van der Waals surface area (Å²) in [6.45, 7) is -0.200. The van der Waals surface area contributed by atoms with Crippen LogP contribution in [-0.2, 0) is 19.1 Å². The number of carbonyl (C=O) groups is 2. The van der Waals surface area contributed by atoms with E-state index in [9.17, 15) is 19.8 Å². The fourth-order valence-electron chi connectivity index (χ4n) is 2.07. The molecule has 0 aliphatic rings. The first-order chi connectivity index (χ1) is 13.6. The molecule has 0 aliphatic carbocycles. The van der Waals surface area contributed by atoms with Gasteiger partial charge in [0.2, 0.25) is 0 Å². The molecule has 0 saturated carbocycles. The Kier molecular flexibility index (Phi) is 8.77. The highest BCUT2D eigenvalue weighted by molar-refractivity contribution is 5.85. The van der Waals surface area contributed by atoms with Gasteiger partial charge in [-0.25, -0.2) is 9.59 Å². The molecule has 8 nitrogen and oxygen atoms in total. The first-order valence-electron chi connectivity index (χ1n) is 8.63. The Morgan fingerprint density at radius 2 is 1.00 bits per heavy atom. The maximum absolute atomic E-state index is 11.7. The highest BCUT2D eigenvalue weighted by Crippen LogP contribution is 2.09. The van der Waals surface area contributed by atoms with Gasteiger partial charge in [-0.05, 0) is 24.3 Å². The van der Waals surface area contributed by atoms with Gasteiger partial charge >= 0.3 is 11.9 Å². The van der Waals surface area contributed by atoms with Crippen LogP contribution in [0, 0.1) is 0 Å². The molecular formula is C20H22O8. The summed E-state index contributed by atoms with van der Waals surface area (Å²) in [5.41, 5.74) is 0. The van der Waals surface area contributed by atoms with Crippen molar-refractivity contribution in [3.63, 3.8) is 0 Å². The molecule has 2 unspecified atom stereocenters. The van der Waals surface area contributed by atoms with Crippen molar-refractivity contribution in [3.8, 4) is 11.5 Å². The van der Waals surface area contributed by atoms with Crippen molar-refractivity contribution in [2.24, 2.45) is 0 Å². The minimum absolute atomic E-state index is 0.0554. The van der Waals surface area contributed by atoms with Crippen molar-refractivity contribution in [2.45, 2.75) is 12.2 Å². The van der Waals surface area contributed by atoms with Gasteiger partial charge < -0.3 is 29.2 Å². The average Bonchev–Trinajstić information content (AvgIpc) is 2.74. The summed E-state index contributed by atoms with van der Waals surface area (Å²) in [6.07, 6.45) is -4.11. The number of esters is 2. The zero-order valence-corrected chi connectivity index (χ0v) is 15.1. The average molecular weight is 390 g/mol. The Hall–Kier alpha value is -3.10. The molecule has 2 rings (SSSR count). The van der Waals surface area contributed by atoms with Gasteiger partial charge in [0.25, 0.3) is 0 Å². The van der Waals surface area contributed by atoms with Crippen molar-refractivity contribution < 1.29 is 38.7 Å². The lowest BCUT2D eigenvalue weighted by Gasteiger charge is -2.16. The first-order valence-corrected chi connectivity index (χ1v) is 8.63. The fraction of sp³-hybridized carbons (Fsp3) is 0.300. The van der Waals surface area contributed by atoms with Gasteiger partial charge in [0, 0.05) is 0 Å². The smallest absolute Gasteiger partial charge is 0.338 e. The summed E-state index contributed by atoms with van der Waals surface area (Å²) >= 11 is 0. The second-order valence-corrected chi connectivity index (χ2v) is 5.55. The largest absolute Gasteiger partial charge is 0.490 e. The Morgan fingerprint density at radius 3 is 1.36 bits per heavy atom. The van der Waals surface area contributed by atoms with Gasteiger partial charge in [0.1, 0.15) is 37.9 Å². The van der Waals surface area contributed by atoms with E-state index < -0.39 is 24.1 Å². The molecule has 0 fully saturated rings. The Morgan fingerprint density at radius 1 is 0.643 bits per heavy atom. The highest BCUT2D eigenvalue weighted by atomic mass is 16.6. The molecule has 0 spiro atoms. The van der Waals surface area contributed by atoms with E-state index in [0.717, 1.165) is 0 Å². The van der Waals surface area contributed by atoms with Crippen LogP contribution in [-0.4, -0.2) is 60.8 Å². The molecule has 0 bridgehead atoms. The number of para-hydroxylation sites is 2. The van der Waals surface area contributed by atoms with E-state index in [1.54, 1.807) is 48.5 Å². The Bertz CT molecular complexity index is 656. The standard InChI is InChI=1S/C20H22O8/c21-17(19(23)27-13-11-25-15-7-3-1-4-8-15)18(22)20(24)28-14-12-26-16-9-5-2-6-10-16/h1-10,17-18,21-22H,11-14H2. The molecule has 0 saturated heterocycles. The lowest BCUT2D eigenvalue weighted by molar-refractivity contribution is -0.173. The molecule has 150 valence electrons. The molecule has 0 heterocycles.